The molecular weight excluding hydrogens is 198 g/mol. The maximum atomic E-state index is 11.8. The summed E-state index contributed by atoms with van der Waals surface area (Å²) in [5.74, 6) is 0. The normalized spacial score (nSPS) is 11.4. The Morgan fingerprint density at radius 1 is 1.07 bits per heavy atom. The lowest BCUT2D eigenvalue weighted by Gasteiger charge is -2.03. The van der Waals surface area contributed by atoms with E-state index in [0.29, 0.717) is 0 Å². The largest absolute Gasteiger partial charge is 0.268 e. The third-order valence-corrected chi connectivity index (χ3v) is 3.43. The third-order valence-electron chi connectivity index (χ3n) is 1.82. The van der Waals surface area contributed by atoms with Crippen LogP contribution < -0.4 is 0 Å². The fraction of sp³-hybridized carbons (Fsp3) is 0. The molecule has 0 spiro atoms. The highest BCUT2D eigenvalue weighted by Gasteiger charge is 2.14. The lowest BCUT2D eigenvalue weighted by atomic mass is 10.4. The van der Waals surface area contributed by atoms with Crippen LogP contribution in [-0.4, -0.2) is 12.4 Å². The molecule has 0 aliphatic rings. The number of benzene rings is 1. The van der Waals surface area contributed by atoms with E-state index in [0.717, 1.165) is 3.97 Å². The molecular formula is C10H8NO2S. The van der Waals surface area contributed by atoms with Gasteiger partial charge in [-0.1, -0.05) is 18.2 Å². The molecule has 4 heteroatoms. The summed E-state index contributed by atoms with van der Waals surface area (Å²) in [5, 5.41) is 0. The van der Waals surface area contributed by atoms with Gasteiger partial charge in [-0.05, 0) is 24.3 Å². The molecule has 1 aromatic carbocycles. The summed E-state index contributed by atoms with van der Waals surface area (Å²) in [6.07, 6.45) is 4.07. The lowest BCUT2D eigenvalue weighted by Crippen LogP contribution is -2.10. The van der Waals surface area contributed by atoms with Gasteiger partial charge in [0.1, 0.15) is 0 Å². The van der Waals surface area contributed by atoms with Gasteiger partial charge in [0.2, 0.25) is 0 Å². The molecule has 71 valence electrons. The third kappa shape index (κ3) is 1.44. The molecule has 1 radical (unpaired) electrons. The van der Waals surface area contributed by atoms with Gasteiger partial charge in [0, 0.05) is 6.20 Å². The van der Waals surface area contributed by atoms with E-state index in [1.807, 2.05) is 0 Å². The van der Waals surface area contributed by atoms with Crippen LogP contribution in [-0.2, 0) is 10.0 Å². The van der Waals surface area contributed by atoms with Crippen LogP contribution in [0.25, 0.3) is 0 Å². The van der Waals surface area contributed by atoms with Gasteiger partial charge in [-0.3, -0.25) is 0 Å². The van der Waals surface area contributed by atoms with E-state index in [-0.39, 0.29) is 4.90 Å². The predicted molar refractivity (Wildman–Crippen MR) is 52.3 cm³/mol. The number of aromatic nitrogens is 1. The summed E-state index contributed by atoms with van der Waals surface area (Å²) >= 11 is 0. The van der Waals surface area contributed by atoms with Gasteiger partial charge in [0.25, 0.3) is 10.0 Å². The Morgan fingerprint density at radius 3 is 2.36 bits per heavy atom. The zero-order valence-electron chi connectivity index (χ0n) is 7.29. The van der Waals surface area contributed by atoms with E-state index in [1.165, 1.54) is 6.20 Å². The molecule has 0 aliphatic carbocycles. The van der Waals surface area contributed by atoms with Crippen molar-refractivity contribution >= 4 is 10.0 Å². The molecule has 1 heterocycles. The zero-order valence-corrected chi connectivity index (χ0v) is 8.11. The second-order valence-electron chi connectivity index (χ2n) is 2.75. The zero-order chi connectivity index (χ0) is 10.0. The fourth-order valence-corrected chi connectivity index (χ4v) is 2.29. The van der Waals surface area contributed by atoms with Crippen molar-refractivity contribution in [3.05, 3.63) is 54.9 Å². The minimum Gasteiger partial charge on any atom is -0.240 e. The van der Waals surface area contributed by atoms with Crippen LogP contribution in [0.5, 0.6) is 0 Å². The van der Waals surface area contributed by atoms with Gasteiger partial charge in [-0.15, -0.1) is 0 Å². The summed E-state index contributed by atoms with van der Waals surface area (Å²) in [6.45, 7) is 0. The van der Waals surface area contributed by atoms with Crippen molar-refractivity contribution in [3.63, 3.8) is 0 Å². The predicted octanol–water partition coefficient (Wildman–Crippen LogP) is 1.53. The molecule has 2 rings (SSSR count). The summed E-state index contributed by atoms with van der Waals surface area (Å²) in [6, 6.07) is 11.5. The van der Waals surface area contributed by atoms with Crippen LogP contribution in [0.1, 0.15) is 0 Å². The Balaban J connectivity index is 2.55. The second-order valence-corrected chi connectivity index (χ2v) is 4.57. The SMILES string of the molecule is O=S(=O)(c1ccccc1)n1[c]ccc1. The van der Waals surface area contributed by atoms with Crippen LogP contribution in [0.4, 0.5) is 0 Å². The van der Waals surface area contributed by atoms with Crippen molar-refractivity contribution in [1.29, 1.82) is 0 Å². The number of hydrogen-bond acceptors (Lipinski definition) is 2. The van der Waals surface area contributed by atoms with Crippen LogP contribution >= 0.6 is 0 Å². The van der Waals surface area contributed by atoms with E-state index in [4.69, 9.17) is 0 Å². The van der Waals surface area contributed by atoms with E-state index in [2.05, 4.69) is 6.20 Å². The molecule has 0 N–H and O–H groups in total. The molecule has 0 unspecified atom stereocenters. The van der Waals surface area contributed by atoms with Gasteiger partial charge in [-0.25, -0.2) is 12.4 Å². The summed E-state index contributed by atoms with van der Waals surface area (Å²) in [4.78, 5) is 0.271. The van der Waals surface area contributed by atoms with Gasteiger partial charge >= 0.3 is 0 Å². The molecule has 0 atom stereocenters. The smallest absolute Gasteiger partial charge is 0.240 e. The molecule has 0 saturated heterocycles. The van der Waals surface area contributed by atoms with E-state index in [1.54, 1.807) is 42.5 Å². The van der Waals surface area contributed by atoms with Crippen LogP contribution in [0.15, 0.2) is 53.6 Å². The average molecular weight is 206 g/mol. The molecule has 14 heavy (non-hydrogen) atoms. The Morgan fingerprint density at radius 2 is 1.79 bits per heavy atom. The summed E-state index contributed by atoms with van der Waals surface area (Å²) < 4.78 is 24.7. The van der Waals surface area contributed by atoms with Crippen LogP contribution in [0.2, 0.25) is 0 Å². The maximum absolute atomic E-state index is 11.8. The van der Waals surface area contributed by atoms with Crippen molar-refractivity contribution in [2.24, 2.45) is 0 Å². The highest BCUT2D eigenvalue weighted by molar-refractivity contribution is 7.90. The first-order valence-electron chi connectivity index (χ1n) is 4.07. The first kappa shape index (κ1) is 9.02. The first-order chi connectivity index (χ1) is 6.71. The summed E-state index contributed by atoms with van der Waals surface area (Å²) in [7, 11) is -3.43. The number of rotatable bonds is 2. The van der Waals surface area contributed by atoms with Gasteiger partial charge in [0.15, 0.2) is 0 Å². The minimum atomic E-state index is -3.43. The van der Waals surface area contributed by atoms with Gasteiger partial charge in [-0.2, -0.15) is 0 Å². The average Bonchev–Trinajstić information content (AvgIpc) is 2.72. The molecule has 0 aliphatic heterocycles. The monoisotopic (exact) mass is 206 g/mol. The highest BCUT2D eigenvalue weighted by Crippen LogP contribution is 2.11. The Bertz CT molecular complexity index is 500. The first-order valence-corrected chi connectivity index (χ1v) is 5.51. The Labute approximate surface area is 82.7 Å². The standard InChI is InChI=1S/C10H8NO2S/c12-14(13,11-8-4-5-9-11)10-6-2-1-3-7-10/h1-8H. The maximum Gasteiger partial charge on any atom is 0.268 e. The van der Waals surface area contributed by atoms with Crippen molar-refractivity contribution in [3.8, 4) is 0 Å². The molecule has 0 saturated carbocycles. The second kappa shape index (κ2) is 3.31. The highest BCUT2D eigenvalue weighted by atomic mass is 32.2. The topological polar surface area (TPSA) is 39.1 Å². The fourth-order valence-electron chi connectivity index (χ4n) is 1.14. The van der Waals surface area contributed by atoms with E-state index >= 15 is 0 Å². The van der Waals surface area contributed by atoms with Crippen LogP contribution in [0.3, 0.4) is 0 Å². The number of nitrogens with zero attached hydrogens (tertiary/aromatic N) is 1. The lowest BCUT2D eigenvalue weighted by molar-refractivity contribution is 0.587. The molecule has 3 nitrogen and oxygen atoms in total. The van der Waals surface area contributed by atoms with Crippen molar-refractivity contribution in [1.82, 2.24) is 3.97 Å². The quantitative estimate of drug-likeness (QED) is 0.747. The molecule has 1 aromatic heterocycles. The van der Waals surface area contributed by atoms with Crippen molar-refractivity contribution < 1.29 is 8.42 Å². The van der Waals surface area contributed by atoms with Crippen molar-refractivity contribution in [2.75, 3.05) is 0 Å². The minimum absolute atomic E-state index is 0.271. The molecule has 2 aromatic rings. The molecule has 0 bridgehead atoms. The Kier molecular flexibility index (Phi) is 2.13. The molecule has 0 amide bonds. The van der Waals surface area contributed by atoms with Crippen molar-refractivity contribution in [2.45, 2.75) is 4.90 Å². The van der Waals surface area contributed by atoms with Crippen LogP contribution in [0, 0.1) is 6.20 Å². The van der Waals surface area contributed by atoms with Gasteiger partial charge in [0.05, 0.1) is 11.1 Å². The van der Waals surface area contributed by atoms with Gasteiger partial charge < -0.3 is 0 Å². The summed E-state index contributed by atoms with van der Waals surface area (Å²) in [5.41, 5.74) is 0. The number of hydrogen-bond donors (Lipinski definition) is 0. The van der Waals surface area contributed by atoms with E-state index in [9.17, 15) is 8.42 Å². The molecule has 0 fully saturated rings. The van der Waals surface area contributed by atoms with E-state index < -0.39 is 10.0 Å². The Hall–Kier alpha value is -1.55.